The van der Waals surface area contributed by atoms with Crippen molar-refractivity contribution in [2.45, 2.75) is 26.3 Å². The van der Waals surface area contributed by atoms with Crippen molar-refractivity contribution in [1.29, 1.82) is 0 Å². The summed E-state index contributed by atoms with van der Waals surface area (Å²) in [5, 5.41) is 11.2. The van der Waals surface area contributed by atoms with Crippen molar-refractivity contribution in [3.05, 3.63) is 69.7 Å². The lowest BCUT2D eigenvalue weighted by Crippen LogP contribution is -2.32. The van der Waals surface area contributed by atoms with Crippen LogP contribution < -0.4 is 0 Å². The molecule has 2 aliphatic heterocycles. The highest BCUT2D eigenvalue weighted by atomic mass is 35.5. The van der Waals surface area contributed by atoms with Gasteiger partial charge in [-0.3, -0.25) is 19.3 Å². The lowest BCUT2D eigenvalue weighted by molar-refractivity contribution is -0.128. The zero-order chi connectivity index (χ0) is 19.9. The molecule has 140 valence electrons. The minimum Gasteiger partial charge on any atom is -0.509 e. The second-order valence-electron chi connectivity index (χ2n) is 6.57. The van der Waals surface area contributed by atoms with E-state index in [0.717, 1.165) is 0 Å². The van der Waals surface area contributed by atoms with Crippen LogP contribution in [0.1, 0.15) is 31.9 Å². The Kier molecular flexibility index (Phi) is 4.93. The molecule has 3 rings (SSSR count). The van der Waals surface area contributed by atoms with E-state index in [1.165, 1.54) is 16.7 Å². The number of halogens is 1. The quantitative estimate of drug-likeness (QED) is 0.809. The van der Waals surface area contributed by atoms with Gasteiger partial charge in [0.15, 0.2) is 5.78 Å². The topological polar surface area (TPSA) is 77.9 Å². The molecule has 1 N–H and O–H groups in total. The van der Waals surface area contributed by atoms with Gasteiger partial charge in [0.2, 0.25) is 0 Å². The summed E-state index contributed by atoms with van der Waals surface area (Å²) in [4.78, 5) is 39.9. The average molecular weight is 387 g/mol. The Morgan fingerprint density at radius 2 is 1.81 bits per heavy atom. The van der Waals surface area contributed by atoms with E-state index >= 15 is 0 Å². The summed E-state index contributed by atoms with van der Waals surface area (Å²) in [7, 11) is 1.60. The molecular weight excluding hydrogens is 368 g/mol. The number of carbonyl (C=O) groups is 3. The van der Waals surface area contributed by atoms with Crippen molar-refractivity contribution in [1.82, 2.24) is 9.80 Å². The van der Waals surface area contributed by atoms with Gasteiger partial charge in [-0.05, 0) is 31.5 Å². The second kappa shape index (κ2) is 7.04. The smallest absolute Gasteiger partial charge is 0.266 e. The average Bonchev–Trinajstić information content (AvgIpc) is 2.81. The highest BCUT2D eigenvalue weighted by Gasteiger charge is 2.44. The summed E-state index contributed by atoms with van der Waals surface area (Å²) in [5.41, 5.74) is 1.44. The first kappa shape index (κ1) is 18.9. The summed E-state index contributed by atoms with van der Waals surface area (Å²) >= 11 is 5.95. The Labute approximate surface area is 162 Å². The number of nitrogens with zero attached hydrogens (tertiary/aromatic N) is 2. The van der Waals surface area contributed by atoms with Crippen LogP contribution in [-0.4, -0.2) is 39.6 Å². The monoisotopic (exact) mass is 386 g/mol. The van der Waals surface area contributed by atoms with E-state index in [1.54, 1.807) is 50.5 Å². The maximum absolute atomic E-state index is 13.0. The van der Waals surface area contributed by atoms with Crippen LogP contribution >= 0.6 is 11.6 Å². The normalized spacial score (nSPS) is 20.7. The highest BCUT2D eigenvalue weighted by Crippen LogP contribution is 2.41. The molecule has 0 aromatic heterocycles. The van der Waals surface area contributed by atoms with E-state index in [2.05, 4.69) is 0 Å². The minimum absolute atomic E-state index is 0.177. The number of benzene rings is 1. The molecule has 1 unspecified atom stereocenters. The van der Waals surface area contributed by atoms with E-state index in [4.69, 9.17) is 11.6 Å². The molecule has 1 aromatic rings. The maximum atomic E-state index is 13.0. The highest BCUT2D eigenvalue weighted by molar-refractivity contribution is 6.30. The molecule has 0 bridgehead atoms. The summed E-state index contributed by atoms with van der Waals surface area (Å²) in [6.45, 7) is 2.95. The molecule has 0 saturated heterocycles. The third-order valence-electron chi connectivity index (χ3n) is 4.67. The van der Waals surface area contributed by atoms with E-state index in [1.807, 2.05) is 0 Å². The molecule has 0 fully saturated rings. The van der Waals surface area contributed by atoms with E-state index in [0.29, 0.717) is 28.3 Å². The molecule has 2 aliphatic rings. The second-order valence-corrected chi connectivity index (χ2v) is 7.01. The van der Waals surface area contributed by atoms with Crippen molar-refractivity contribution >= 4 is 29.2 Å². The molecule has 0 spiro atoms. The molecule has 1 aromatic carbocycles. The van der Waals surface area contributed by atoms with Crippen LogP contribution in [0.25, 0.3) is 0 Å². The number of ketones is 1. The van der Waals surface area contributed by atoms with Gasteiger partial charge in [0.05, 0.1) is 0 Å². The van der Waals surface area contributed by atoms with Crippen LogP contribution in [0, 0.1) is 0 Å². The van der Waals surface area contributed by atoms with Crippen LogP contribution in [0.3, 0.4) is 0 Å². The van der Waals surface area contributed by atoms with Crippen molar-refractivity contribution < 1.29 is 19.5 Å². The fraction of sp³-hybridized carbons (Fsp3) is 0.250. The van der Waals surface area contributed by atoms with Crippen molar-refractivity contribution in [2.24, 2.45) is 0 Å². The molecule has 7 heteroatoms. The Morgan fingerprint density at radius 1 is 1.19 bits per heavy atom. The predicted octanol–water partition coefficient (Wildman–Crippen LogP) is 3.27. The van der Waals surface area contributed by atoms with Gasteiger partial charge in [-0.15, -0.1) is 0 Å². The fourth-order valence-corrected chi connectivity index (χ4v) is 3.43. The van der Waals surface area contributed by atoms with Gasteiger partial charge >= 0.3 is 0 Å². The molecular formula is C20H19ClN2O4. The van der Waals surface area contributed by atoms with E-state index in [9.17, 15) is 19.5 Å². The summed E-state index contributed by atoms with van der Waals surface area (Å²) < 4.78 is 0. The number of aliphatic hydroxyl groups is 1. The number of carbonyl (C=O) groups excluding carboxylic acids is 3. The Bertz CT molecular complexity index is 928. The SMILES string of the molecule is CC(=O)C1=C(O)C(c2ccc(Cl)cc2)N(C2=CN(C)C(=O)C(C)=CC2)C1=O. The molecule has 1 atom stereocenters. The third-order valence-corrected chi connectivity index (χ3v) is 4.92. The third kappa shape index (κ3) is 3.28. The van der Waals surface area contributed by atoms with Gasteiger partial charge in [-0.2, -0.15) is 0 Å². The summed E-state index contributed by atoms with van der Waals surface area (Å²) in [5.74, 6) is -1.57. The lowest BCUT2D eigenvalue weighted by Gasteiger charge is -2.28. The van der Waals surface area contributed by atoms with Gasteiger partial charge in [0.25, 0.3) is 11.8 Å². The first-order valence-electron chi connectivity index (χ1n) is 8.40. The molecule has 0 aliphatic carbocycles. The van der Waals surface area contributed by atoms with Crippen molar-refractivity contribution in [3.8, 4) is 0 Å². The molecule has 0 saturated carbocycles. The van der Waals surface area contributed by atoms with Gasteiger partial charge in [-0.25, -0.2) is 0 Å². The zero-order valence-corrected chi connectivity index (χ0v) is 15.9. The Morgan fingerprint density at radius 3 is 2.41 bits per heavy atom. The number of rotatable bonds is 3. The van der Waals surface area contributed by atoms with Gasteiger partial charge < -0.3 is 10.0 Å². The first-order chi connectivity index (χ1) is 12.7. The lowest BCUT2D eigenvalue weighted by atomic mass is 10.0. The number of amides is 2. The van der Waals surface area contributed by atoms with Crippen LogP contribution in [0.2, 0.25) is 5.02 Å². The molecule has 2 amide bonds. The van der Waals surface area contributed by atoms with Crippen LogP contribution in [0.5, 0.6) is 0 Å². The summed E-state index contributed by atoms with van der Waals surface area (Å²) in [6.07, 6.45) is 3.61. The van der Waals surface area contributed by atoms with Gasteiger partial charge in [-0.1, -0.05) is 29.8 Å². The largest absolute Gasteiger partial charge is 0.509 e. The molecule has 27 heavy (non-hydrogen) atoms. The summed E-state index contributed by atoms with van der Waals surface area (Å²) in [6, 6.07) is 5.84. The van der Waals surface area contributed by atoms with Crippen LogP contribution in [-0.2, 0) is 14.4 Å². The van der Waals surface area contributed by atoms with Crippen LogP contribution in [0.15, 0.2) is 59.1 Å². The number of likely N-dealkylation sites (N-methyl/N-ethyl adjacent to an activating group) is 1. The van der Waals surface area contributed by atoms with Gasteiger partial charge in [0, 0.05) is 36.0 Å². The number of Topliss-reactive ketones (excluding diaryl/α,β-unsaturated/α-hetero) is 1. The first-order valence-corrected chi connectivity index (χ1v) is 8.78. The Hall–Kier alpha value is -2.86. The number of aliphatic hydroxyl groups excluding tert-OH is 1. The fourth-order valence-electron chi connectivity index (χ4n) is 3.30. The number of hydrogen-bond acceptors (Lipinski definition) is 4. The zero-order valence-electron chi connectivity index (χ0n) is 15.2. The standard InChI is InChI=1S/C20H19ClN2O4/c1-11-4-9-15(10-22(3)19(11)26)23-17(13-5-7-14(21)8-6-13)18(25)16(12(2)24)20(23)27/h4-8,10,17,25H,9H2,1-3H3. The van der Waals surface area contributed by atoms with Crippen molar-refractivity contribution in [3.63, 3.8) is 0 Å². The van der Waals surface area contributed by atoms with Crippen LogP contribution in [0.4, 0.5) is 0 Å². The van der Waals surface area contributed by atoms with E-state index in [-0.39, 0.29) is 17.2 Å². The van der Waals surface area contributed by atoms with E-state index < -0.39 is 17.7 Å². The molecule has 2 heterocycles. The number of hydrogen-bond donors (Lipinski definition) is 1. The van der Waals surface area contributed by atoms with Gasteiger partial charge in [0.1, 0.15) is 17.4 Å². The van der Waals surface area contributed by atoms with Crippen molar-refractivity contribution in [2.75, 3.05) is 7.05 Å². The maximum Gasteiger partial charge on any atom is 0.266 e. The number of allylic oxidation sites excluding steroid dienone is 1. The Balaban J connectivity index is 2.13. The minimum atomic E-state index is -0.852. The molecule has 0 radical (unpaired) electrons. The molecule has 6 nitrogen and oxygen atoms in total. The predicted molar refractivity (Wildman–Crippen MR) is 101 cm³/mol.